The standard InChI is InChI=1S/C18H16O6/c1-21-16-12-13(6-9-17(19)22-2)5-8-15(16)24-18(20)10-7-14-4-3-11-23-14/h3-12H,1-2H3/b9-6+,10-7+. The highest BCUT2D eigenvalue weighted by Gasteiger charge is 2.08. The van der Waals surface area contributed by atoms with Gasteiger partial charge >= 0.3 is 11.9 Å². The van der Waals surface area contributed by atoms with E-state index in [1.165, 1.54) is 38.7 Å². The molecule has 6 heteroatoms. The monoisotopic (exact) mass is 328 g/mol. The Morgan fingerprint density at radius 2 is 1.79 bits per heavy atom. The van der Waals surface area contributed by atoms with E-state index >= 15 is 0 Å². The van der Waals surface area contributed by atoms with Gasteiger partial charge in [-0.05, 0) is 42.0 Å². The number of esters is 2. The number of ether oxygens (including phenoxy) is 3. The highest BCUT2D eigenvalue weighted by molar-refractivity contribution is 5.89. The average Bonchev–Trinajstić information content (AvgIpc) is 3.12. The molecular weight excluding hydrogens is 312 g/mol. The van der Waals surface area contributed by atoms with Gasteiger partial charge in [-0.25, -0.2) is 9.59 Å². The number of carbonyl (C=O) groups excluding carboxylic acids is 2. The molecule has 0 bridgehead atoms. The minimum atomic E-state index is -0.567. The van der Waals surface area contributed by atoms with E-state index < -0.39 is 11.9 Å². The van der Waals surface area contributed by atoms with Gasteiger partial charge < -0.3 is 18.6 Å². The Labute approximate surface area is 138 Å². The largest absolute Gasteiger partial charge is 0.493 e. The predicted octanol–water partition coefficient (Wildman–Crippen LogP) is 3.09. The van der Waals surface area contributed by atoms with Gasteiger partial charge in [-0.1, -0.05) is 6.07 Å². The fourth-order valence-electron chi connectivity index (χ4n) is 1.78. The fourth-order valence-corrected chi connectivity index (χ4v) is 1.78. The highest BCUT2D eigenvalue weighted by atomic mass is 16.6. The summed E-state index contributed by atoms with van der Waals surface area (Å²) in [5.74, 6) is 0.140. The molecule has 6 nitrogen and oxygen atoms in total. The second kappa shape index (κ2) is 8.38. The molecule has 124 valence electrons. The second-order valence-electron chi connectivity index (χ2n) is 4.54. The summed E-state index contributed by atoms with van der Waals surface area (Å²) < 4.78 is 20.0. The molecule has 2 aromatic rings. The molecule has 0 spiro atoms. The van der Waals surface area contributed by atoms with Crippen LogP contribution in [-0.2, 0) is 14.3 Å². The molecule has 0 amide bonds. The molecule has 1 aromatic carbocycles. The van der Waals surface area contributed by atoms with E-state index in [1.807, 2.05) is 0 Å². The lowest BCUT2D eigenvalue weighted by molar-refractivity contribution is -0.134. The zero-order valence-electron chi connectivity index (χ0n) is 13.2. The third-order valence-electron chi connectivity index (χ3n) is 2.94. The van der Waals surface area contributed by atoms with Crippen LogP contribution in [0.1, 0.15) is 11.3 Å². The van der Waals surface area contributed by atoms with Gasteiger partial charge in [-0.2, -0.15) is 0 Å². The lowest BCUT2D eigenvalue weighted by Crippen LogP contribution is -2.05. The number of benzene rings is 1. The number of hydrogen-bond donors (Lipinski definition) is 0. The van der Waals surface area contributed by atoms with Crippen LogP contribution in [0, 0.1) is 0 Å². The van der Waals surface area contributed by atoms with Gasteiger partial charge in [0.2, 0.25) is 0 Å². The van der Waals surface area contributed by atoms with Crippen molar-refractivity contribution in [3.63, 3.8) is 0 Å². The first-order valence-corrected chi connectivity index (χ1v) is 7.00. The Bertz CT molecular complexity index is 756. The van der Waals surface area contributed by atoms with Gasteiger partial charge in [-0.15, -0.1) is 0 Å². The highest BCUT2D eigenvalue weighted by Crippen LogP contribution is 2.28. The Kier molecular flexibility index (Phi) is 5.96. The minimum absolute atomic E-state index is 0.266. The van der Waals surface area contributed by atoms with Crippen LogP contribution in [-0.4, -0.2) is 26.2 Å². The van der Waals surface area contributed by atoms with Crippen molar-refractivity contribution in [2.24, 2.45) is 0 Å². The molecule has 2 rings (SSSR count). The summed E-state index contributed by atoms with van der Waals surface area (Å²) in [6, 6.07) is 8.33. The molecule has 0 fully saturated rings. The summed E-state index contributed by atoms with van der Waals surface area (Å²) in [7, 11) is 2.76. The maximum absolute atomic E-state index is 11.8. The van der Waals surface area contributed by atoms with Crippen molar-refractivity contribution in [2.75, 3.05) is 14.2 Å². The topological polar surface area (TPSA) is 75.0 Å². The molecular formula is C18H16O6. The van der Waals surface area contributed by atoms with E-state index in [1.54, 1.807) is 36.4 Å². The molecule has 0 radical (unpaired) electrons. The maximum Gasteiger partial charge on any atom is 0.336 e. The summed E-state index contributed by atoms with van der Waals surface area (Å²) in [6.45, 7) is 0. The fraction of sp³-hybridized carbons (Fsp3) is 0.111. The van der Waals surface area contributed by atoms with Crippen LogP contribution >= 0.6 is 0 Å². The molecule has 1 aromatic heterocycles. The van der Waals surface area contributed by atoms with E-state index in [0.717, 1.165) is 0 Å². The third-order valence-corrected chi connectivity index (χ3v) is 2.94. The van der Waals surface area contributed by atoms with Gasteiger partial charge in [0.1, 0.15) is 5.76 Å². The first-order chi connectivity index (χ1) is 11.6. The number of furan rings is 1. The molecule has 0 unspecified atom stereocenters. The van der Waals surface area contributed by atoms with Crippen molar-refractivity contribution in [3.8, 4) is 11.5 Å². The first-order valence-electron chi connectivity index (χ1n) is 7.00. The number of hydrogen-bond acceptors (Lipinski definition) is 6. The number of carbonyl (C=O) groups is 2. The van der Waals surface area contributed by atoms with Gasteiger partial charge in [-0.3, -0.25) is 0 Å². The van der Waals surface area contributed by atoms with Crippen LogP contribution in [0.3, 0.4) is 0 Å². The number of methoxy groups -OCH3 is 2. The molecule has 24 heavy (non-hydrogen) atoms. The quantitative estimate of drug-likeness (QED) is 0.461. The molecule has 0 N–H and O–H groups in total. The van der Waals surface area contributed by atoms with Gasteiger partial charge in [0.05, 0.1) is 20.5 Å². The summed E-state index contributed by atoms with van der Waals surface area (Å²) in [5, 5.41) is 0. The van der Waals surface area contributed by atoms with E-state index in [9.17, 15) is 9.59 Å². The van der Waals surface area contributed by atoms with E-state index in [4.69, 9.17) is 13.9 Å². The van der Waals surface area contributed by atoms with Crippen molar-refractivity contribution in [2.45, 2.75) is 0 Å². The molecule has 0 atom stereocenters. The van der Waals surface area contributed by atoms with Crippen LogP contribution in [0.2, 0.25) is 0 Å². The molecule has 0 aliphatic rings. The van der Waals surface area contributed by atoms with Crippen LogP contribution in [0.5, 0.6) is 11.5 Å². The molecule has 0 aliphatic carbocycles. The van der Waals surface area contributed by atoms with E-state index in [-0.39, 0.29) is 5.75 Å². The molecule has 0 saturated carbocycles. The van der Waals surface area contributed by atoms with Crippen molar-refractivity contribution >= 4 is 24.1 Å². The zero-order valence-corrected chi connectivity index (χ0v) is 13.2. The minimum Gasteiger partial charge on any atom is -0.493 e. The van der Waals surface area contributed by atoms with E-state index in [0.29, 0.717) is 17.1 Å². The summed E-state index contributed by atoms with van der Waals surface area (Å²) in [6.07, 6.45) is 7.11. The zero-order chi connectivity index (χ0) is 17.4. The first kappa shape index (κ1) is 17.1. The maximum atomic E-state index is 11.8. The Balaban J connectivity index is 2.08. The lowest BCUT2D eigenvalue weighted by Gasteiger charge is -2.08. The van der Waals surface area contributed by atoms with Gasteiger partial charge in [0.25, 0.3) is 0 Å². The predicted molar refractivity (Wildman–Crippen MR) is 87.4 cm³/mol. The molecule has 0 aliphatic heterocycles. The van der Waals surface area contributed by atoms with Crippen LogP contribution in [0.4, 0.5) is 0 Å². The SMILES string of the molecule is COC(=O)/C=C/c1ccc(OC(=O)/C=C/c2ccco2)c(OC)c1. The average molecular weight is 328 g/mol. The Hall–Kier alpha value is -3.28. The van der Waals surface area contributed by atoms with Crippen molar-refractivity contribution in [1.29, 1.82) is 0 Å². The normalized spacial score (nSPS) is 10.9. The summed E-state index contributed by atoms with van der Waals surface area (Å²) in [4.78, 5) is 22.9. The summed E-state index contributed by atoms with van der Waals surface area (Å²) in [5.41, 5.74) is 0.697. The van der Waals surface area contributed by atoms with E-state index in [2.05, 4.69) is 4.74 Å². The van der Waals surface area contributed by atoms with Crippen LogP contribution in [0.15, 0.2) is 53.2 Å². The summed E-state index contributed by atoms with van der Waals surface area (Å²) >= 11 is 0. The van der Waals surface area contributed by atoms with Crippen molar-refractivity contribution in [3.05, 3.63) is 60.1 Å². The number of rotatable bonds is 6. The van der Waals surface area contributed by atoms with Crippen LogP contribution in [0.25, 0.3) is 12.2 Å². The third kappa shape index (κ3) is 4.88. The second-order valence-corrected chi connectivity index (χ2v) is 4.54. The van der Waals surface area contributed by atoms with Crippen molar-refractivity contribution < 1.29 is 28.2 Å². The van der Waals surface area contributed by atoms with Gasteiger partial charge in [0, 0.05) is 12.2 Å². The Morgan fingerprint density at radius 1 is 1.00 bits per heavy atom. The van der Waals surface area contributed by atoms with Crippen LogP contribution < -0.4 is 9.47 Å². The lowest BCUT2D eigenvalue weighted by atomic mass is 10.2. The van der Waals surface area contributed by atoms with Crippen molar-refractivity contribution in [1.82, 2.24) is 0 Å². The smallest absolute Gasteiger partial charge is 0.336 e. The van der Waals surface area contributed by atoms with Gasteiger partial charge in [0.15, 0.2) is 11.5 Å². The molecule has 1 heterocycles. The molecule has 0 saturated heterocycles. The Morgan fingerprint density at radius 3 is 2.46 bits per heavy atom.